The van der Waals surface area contributed by atoms with E-state index >= 15 is 0 Å². The van der Waals surface area contributed by atoms with E-state index in [-0.39, 0.29) is 0 Å². The Morgan fingerprint density at radius 1 is 0.857 bits per heavy atom. The van der Waals surface area contributed by atoms with E-state index in [0.29, 0.717) is 11.8 Å². The van der Waals surface area contributed by atoms with Crippen LogP contribution in [0.3, 0.4) is 0 Å². The van der Waals surface area contributed by atoms with E-state index in [2.05, 4.69) is 0 Å². The second-order valence-electron chi connectivity index (χ2n) is 3.89. The summed E-state index contributed by atoms with van der Waals surface area (Å²) >= 11 is 23.6. The van der Waals surface area contributed by atoms with Crippen molar-refractivity contribution < 1.29 is 0 Å². The lowest BCUT2D eigenvalue weighted by molar-refractivity contribution is 0.979. The van der Waals surface area contributed by atoms with Gasteiger partial charge in [0.2, 0.25) is 0 Å². The summed E-state index contributed by atoms with van der Waals surface area (Å²) in [6.45, 7) is 0. The van der Waals surface area contributed by atoms with E-state index in [1.165, 1.54) is 0 Å². The van der Waals surface area contributed by atoms with Crippen molar-refractivity contribution in [1.82, 2.24) is 0 Å². The molecule has 0 amide bonds. The molecule has 0 radical (unpaired) electrons. The first kappa shape index (κ1) is 12.3. The average Bonchev–Trinajstić information content (AvgIpc) is 2.84. The van der Waals surface area contributed by atoms with Crippen LogP contribution in [0, 0.1) is 11.8 Å². The molecule has 2 aliphatic carbocycles. The van der Waals surface area contributed by atoms with Gasteiger partial charge in [-0.2, -0.15) is 0 Å². The number of alkyl halides is 4. The molecular formula is C8H10Cl4S2. The van der Waals surface area contributed by atoms with Gasteiger partial charge in [-0.3, -0.25) is 0 Å². The Hall–Kier alpha value is 1.86. The lowest BCUT2D eigenvalue weighted by atomic mass is 10.5. The Morgan fingerprint density at radius 3 is 1.36 bits per heavy atom. The Labute approximate surface area is 112 Å². The van der Waals surface area contributed by atoms with E-state index < -0.39 is 8.67 Å². The molecule has 82 valence electrons. The average molecular weight is 312 g/mol. The SMILES string of the molecule is ClC1(Cl)C[C@H]1CSSC[C@H]1CC1(Cl)Cl. The van der Waals surface area contributed by atoms with Crippen molar-refractivity contribution in [3.8, 4) is 0 Å². The maximum atomic E-state index is 5.91. The predicted molar refractivity (Wildman–Crippen MR) is 70.0 cm³/mol. The highest BCUT2D eigenvalue weighted by atomic mass is 35.5. The molecule has 2 saturated carbocycles. The van der Waals surface area contributed by atoms with Crippen LogP contribution in [0.4, 0.5) is 0 Å². The summed E-state index contributed by atoms with van der Waals surface area (Å²) in [7, 11) is 3.65. The van der Waals surface area contributed by atoms with Crippen LogP contribution in [0.15, 0.2) is 0 Å². The van der Waals surface area contributed by atoms with E-state index in [0.717, 1.165) is 24.3 Å². The summed E-state index contributed by atoms with van der Waals surface area (Å²) in [5.74, 6) is 3.00. The lowest BCUT2D eigenvalue weighted by Gasteiger charge is -2.01. The zero-order valence-electron chi connectivity index (χ0n) is 7.31. The third-order valence-electron chi connectivity index (χ3n) is 2.53. The fourth-order valence-electron chi connectivity index (χ4n) is 1.16. The maximum absolute atomic E-state index is 5.91. The highest BCUT2D eigenvalue weighted by Gasteiger charge is 2.52. The summed E-state index contributed by atoms with van der Waals surface area (Å²) < 4.78 is -0.869. The number of halogens is 4. The van der Waals surface area contributed by atoms with Crippen LogP contribution >= 0.6 is 68.0 Å². The van der Waals surface area contributed by atoms with Crippen LogP contribution in [-0.2, 0) is 0 Å². The maximum Gasteiger partial charge on any atom is 0.122 e. The molecule has 0 aromatic rings. The Bertz CT molecular complexity index is 207. The first-order valence-electron chi connectivity index (χ1n) is 4.42. The molecule has 0 N–H and O–H groups in total. The van der Waals surface area contributed by atoms with Gasteiger partial charge >= 0.3 is 0 Å². The molecule has 0 nitrogen and oxygen atoms in total. The largest absolute Gasteiger partial charge is 0.122 e. The topological polar surface area (TPSA) is 0 Å². The zero-order valence-corrected chi connectivity index (χ0v) is 12.0. The fraction of sp³-hybridized carbons (Fsp3) is 1.00. The fourth-order valence-corrected chi connectivity index (χ4v) is 5.47. The molecule has 14 heavy (non-hydrogen) atoms. The summed E-state index contributed by atoms with van der Waals surface area (Å²) in [4.78, 5) is 0. The molecule has 0 unspecified atom stereocenters. The van der Waals surface area contributed by atoms with E-state index in [4.69, 9.17) is 46.4 Å². The number of hydrogen-bond donors (Lipinski definition) is 0. The van der Waals surface area contributed by atoms with Crippen LogP contribution < -0.4 is 0 Å². The van der Waals surface area contributed by atoms with Crippen LogP contribution in [0.25, 0.3) is 0 Å². The Kier molecular flexibility index (Phi) is 3.76. The molecule has 6 heteroatoms. The molecule has 2 aliphatic rings. The van der Waals surface area contributed by atoms with Crippen molar-refractivity contribution >= 4 is 68.0 Å². The van der Waals surface area contributed by atoms with Crippen LogP contribution in [0.2, 0.25) is 0 Å². The van der Waals surface area contributed by atoms with Gasteiger partial charge in [0.15, 0.2) is 0 Å². The summed E-state index contributed by atoms with van der Waals surface area (Å²) in [6.07, 6.45) is 1.87. The first-order valence-corrected chi connectivity index (χ1v) is 8.42. The highest BCUT2D eigenvalue weighted by molar-refractivity contribution is 8.76. The van der Waals surface area contributed by atoms with Gasteiger partial charge in [-0.25, -0.2) is 0 Å². The third kappa shape index (κ3) is 3.18. The minimum Gasteiger partial charge on any atom is -0.101 e. The Balaban J connectivity index is 1.49. The highest BCUT2D eigenvalue weighted by Crippen LogP contribution is 2.57. The van der Waals surface area contributed by atoms with Gasteiger partial charge in [-0.05, 0) is 12.8 Å². The van der Waals surface area contributed by atoms with Crippen molar-refractivity contribution in [3.63, 3.8) is 0 Å². The van der Waals surface area contributed by atoms with Crippen molar-refractivity contribution in [3.05, 3.63) is 0 Å². The number of rotatable bonds is 5. The predicted octanol–water partition coefficient (Wildman–Crippen LogP) is 4.76. The van der Waals surface area contributed by atoms with Gasteiger partial charge in [0, 0.05) is 23.3 Å². The molecule has 0 aromatic heterocycles. The molecule has 2 rings (SSSR count). The van der Waals surface area contributed by atoms with Crippen LogP contribution in [-0.4, -0.2) is 20.2 Å². The third-order valence-corrected chi connectivity index (χ3v) is 6.94. The van der Waals surface area contributed by atoms with Gasteiger partial charge in [-0.1, -0.05) is 21.6 Å². The molecule has 0 spiro atoms. The minimum absolute atomic E-state index is 0.435. The molecular weight excluding hydrogens is 302 g/mol. The molecule has 0 bridgehead atoms. The molecule has 0 heterocycles. The van der Waals surface area contributed by atoms with Crippen molar-refractivity contribution in [2.24, 2.45) is 11.8 Å². The minimum atomic E-state index is -0.435. The van der Waals surface area contributed by atoms with E-state index in [1.54, 1.807) is 0 Å². The lowest BCUT2D eigenvalue weighted by Crippen LogP contribution is -1.94. The van der Waals surface area contributed by atoms with Crippen molar-refractivity contribution in [2.45, 2.75) is 21.5 Å². The number of hydrogen-bond acceptors (Lipinski definition) is 2. The standard InChI is InChI=1S/C8H10Cl4S2/c9-7(10)1-5(7)3-13-14-4-6-2-8(6,11)12/h5-6H,1-4H2/t5-,6+. The zero-order chi connectivity index (χ0) is 10.4. The quantitative estimate of drug-likeness (QED) is 0.408. The summed E-state index contributed by atoms with van der Waals surface area (Å²) in [5.41, 5.74) is 0. The van der Waals surface area contributed by atoms with Gasteiger partial charge in [-0.15, -0.1) is 46.4 Å². The smallest absolute Gasteiger partial charge is 0.101 e. The first-order chi connectivity index (χ1) is 6.42. The van der Waals surface area contributed by atoms with Crippen molar-refractivity contribution in [1.29, 1.82) is 0 Å². The Morgan fingerprint density at radius 2 is 1.14 bits per heavy atom. The van der Waals surface area contributed by atoms with Crippen LogP contribution in [0.1, 0.15) is 12.8 Å². The van der Waals surface area contributed by atoms with E-state index in [9.17, 15) is 0 Å². The molecule has 0 saturated heterocycles. The monoisotopic (exact) mass is 310 g/mol. The van der Waals surface area contributed by atoms with E-state index in [1.807, 2.05) is 21.6 Å². The normalized spacial score (nSPS) is 36.9. The molecule has 0 aliphatic heterocycles. The molecule has 2 atom stereocenters. The van der Waals surface area contributed by atoms with Crippen LogP contribution in [0.5, 0.6) is 0 Å². The van der Waals surface area contributed by atoms with Gasteiger partial charge in [0.25, 0.3) is 0 Å². The van der Waals surface area contributed by atoms with Crippen molar-refractivity contribution in [2.75, 3.05) is 11.5 Å². The second kappa shape index (κ2) is 4.27. The molecule has 2 fully saturated rings. The summed E-state index contributed by atoms with van der Waals surface area (Å²) in [6, 6.07) is 0. The van der Waals surface area contributed by atoms with Gasteiger partial charge in [0.05, 0.1) is 0 Å². The van der Waals surface area contributed by atoms with Gasteiger partial charge < -0.3 is 0 Å². The molecule has 0 aromatic carbocycles. The van der Waals surface area contributed by atoms with Gasteiger partial charge in [0.1, 0.15) is 8.67 Å². The second-order valence-corrected chi connectivity index (χ2v) is 9.53. The summed E-state index contributed by atoms with van der Waals surface area (Å²) in [5, 5.41) is 0.